The zero-order valence-electron chi connectivity index (χ0n) is 7.29. The smallest absolute Gasteiger partial charge is 0.134 e. The van der Waals surface area contributed by atoms with Crippen LogP contribution in [0.2, 0.25) is 0 Å². The van der Waals surface area contributed by atoms with E-state index in [-0.39, 0.29) is 0 Å². The summed E-state index contributed by atoms with van der Waals surface area (Å²) in [6.45, 7) is 4.38. The molecule has 0 amide bonds. The van der Waals surface area contributed by atoms with Crippen molar-refractivity contribution < 1.29 is 4.74 Å². The van der Waals surface area contributed by atoms with Crippen molar-refractivity contribution in [2.75, 3.05) is 7.11 Å². The molecule has 0 saturated carbocycles. The normalized spacial score (nSPS) is 22.9. The Hall–Kier alpha value is -0.920. The van der Waals surface area contributed by atoms with Crippen molar-refractivity contribution in [3.63, 3.8) is 0 Å². The van der Waals surface area contributed by atoms with Crippen molar-refractivity contribution in [1.29, 1.82) is 0 Å². The van der Waals surface area contributed by atoms with Crippen LogP contribution in [-0.4, -0.2) is 13.2 Å². The molecule has 2 heteroatoms. The second-order valence-corrected chi connectivity index (χ2v) is 3.05. The molecule has 0 aromatic rings. The molecule has 1 atom stereocenters. The van der Waals surface area contributed by atoms with Crippen LogP contribution in [0.3, 0.4) is 0 Å². The number of rotatable bonds is 2. The molecule has 0 aromatic heterocycles. The van der Waals surface area contributed by atoms with Gasteiger partial charge in [0, 0.05) is 12.2 Å². The molecule has 0 aliphatic carbocycles. The number of methoxy groups -OCH3 is 1. The molecule has 1 rings (SSSR count). The van der Waals surface area contributed by atoms with Crippen LogP contribution in [0, 0.1) is 5.92 Å². The molecular weight excluding hydrogens is 138 g/mol. The average Bonchev–Trinajstić information content (AvgIpc) is 2.05. The minimum Gasteiger partial charge on any atom is -0.495 e. The molecule has 0 fully saturated rings. The van der Waals surface area contributed by atoms with E-state index < -0.39 is 0 Å². The highest BCUT2D eigenvalue weighted by Crippen LogP contribution is 2.10. The fourth-order valence-electron chi connectivity index (χ4n) is 1.02. The first-order valence-corrected chi connectivity index (χ1v) is 3.92. The van der Waals surface area contributed by atoms with E-state index in [4.69, 9.17) is 4.74 Å². The van der Waals surface area contributed by atoms with E-state index in [0.29, 0.717) is 12.0 Å². The summed E-state index contributed by atoms with van der Waals surface area (Å²) in [7, 11) is 1.67. The van der Waals surface area contributed by atoms with Crippen molar-refractivity contribution >= 4 is 0 Å². The quantitative estimate of drug-likeness (QED) is 0.651. The van der Waals surface area contributed by atoms with Crippen molar-refractivity contribution in [2.45, 2.75) is 19.9 Å². The van der Waals surface area contributed by atoms with Crippen LogP contribution in [0.1, 0.15) is 13.8 Å². The maximum absolute atomic E-state index is 5.03. The number of nitrogens with one attached hydrogen (secondary N) is 1. The second kappa shape index (κ2) is 3.46. The lowest BCUT2D eigenvalue weighted by Gasteiger charge is -2.21. The molecule has 62 valence electrons. The maximum atomic E-state index is 5.03. The third-order valence-electron chi connectivity index (χ3n) is 1.84. The SMILES string of the molecule is COC1=CNC(C(C)C)C=C1. The maximum Gasteiger partial charge on any atom is 0.134 e. The lowest BCUT2D eigenvalue weighted by Crippen LogP contribution is -2.29. The van der Waals surface area contributed by atoms with E-state index >= 15 is 0 Å². The van der Waals surface area contributed by atoms with Crippen LogP contribution in [0.25, 0.3) is 0 Å². The Balaban J connectivity index is 2.50. The van der Waals surface area contributed by atoms with Gasteiger partial charge in [-0.15, -0.1) is 0 Å². The van der Waals surface area contributed by atoms with Crippen LogP contribution < -0.4 is 5.32 Å². The minimum atomic E-state index is 0.453. The van der Waals surface area contributed by atoms with Gasteiger partial charge in [0.25, 0.3) is 0 Å². The first-order chi connectivity index (χ1) is 5.24. The Kier molecular flexibility index (Phi) is 2.58. The molecule has 1 heterocycles. The van der Waals surface area contributed by atoms with Gasteiger partial charge in [-0.1, -0.05) is 19.9 Å². The van der Waals surface area contributed by atoms with Crippen LogP contribution in [0.15, 0.2) is 24.1 Å². The summed E-state index contributed by atoms with van der Waals surface area (Å²) < 4.78 is 5.03. The Morgan fingerprint density at radius 3 is 2.64 bits per heavy atom. The number of hydrogen-bond donors (Lipinski definition) is 1. The van der Waals surface area contributed by atoms with Crippen LogP contribution in [0.4, 0.5) is 0 Å². The monoisotopic (exact) mass is 153 g/mol. The summed E-state index contributed by atoms with van der Waals surface area (Å²) in [6, 6.07) is 0.453. The highest BCUT2D eigenvalue weighted by atomic mass is 16.5. The highest BCUT2D eigenvalue weighted by molar-refractivity contribution is 5.19. The van der Waals surface area contributed by atoms with Gasteiger partial charge in [0.1, 0.15) is 5.76 Å². The summed E-state index contributed by atoms with van der Waals surface area (Å²) >= 11 is 0. The minimum absolute atomic E-state index is 0.453. The Labute approximate surface area is 67.9 Å². The van der Waals surface area contributed by atoms with E-state index in [2.05, 4.69) is 25.2 Å². The molecule has 1 unspecified atom stereocenters. The van der Waals surface area contributed by atoms with Gasteiger partial charge in [-0.2, -0.15) is 0 Å². The number of ether oxygens (including phenoxy) is 1. The topological polar surface area (TPSA) is 21.3 Å². The second-order valence-electron chi connectivity index (χ2n) is 3.05. The molecule has 1 N–H and O–H groups in total. The molecule has 0 radical (unpaired) electrons. The van der Waals surface area contributed by atoms with Crippen molar-refractivity contribution in [1.82, 2.24) is 5.32 Å². The third-order valence-corrected chi connectivity index (χ3v) is 1.84. The van der Waals surface area contributed by atoms with Gasteiger partial charge < -0.3 is 10.1 Å². The molecule has 1 aliphatic rings. The van der Waals surface area contributed by atoms with Crippen LogP contribution >= 0.6 is 0 Å². The molecule has 1 aliphatic heterocycles. The van der Waals surface area contributed by atoms with E-state index in [1.807, 2.05) is 12.3 Å². The molecule has 11 heavy (non-hydrogen) atoms. The summed E-state index contributed by atoms with van der Waals surface area (Å²) in [5, 5.41) is 3.25. The predicted octanol–water partition coefficient (Wildman–Crippen LogP) is 1.66. The van der Waals surface area contributed by atoms with Crippen LogP contribution in [0.5, 0.6) is 0 Å². The van der Waals surface area contributed by atoms with E-state index in [1.54, 1.807) is 7.11 Å². The molecular formula is C9H15NO. The fourth-order valence-corrected chi connectivity index (χ4v) is 1.02. The Bertz CT molecular complexity index is 182. The first-order valence-electron chi connectivity index (χ1n) is 3.92. The zero-order chi connectivity index (χ0) is 8.27. The lowest BCUT2D eigenvalue weighted by atomic mass is 10.0. The van der Waals surface area contributed by atoms with Crippen LogP contribution in [-0.2, 0) is 4.74 Å². The van der Waals surface area contributed by atoms with Gasteiger partial charge in [-0.25, -0.2) is 0 Å². The predicted molar refractivity (Wildman–Crippen MR) is 46.0 cm³/mol. The zero-order valence-corrected chi connectivity index (χ0v) is 7.29. The lowest BCUT2D eigenvalue weighted by molar-refractivity contribution is 0.298. The van der Waals surface area contributed by atoms with Crippen molar-refractivity contribution in [3.05, 3.63) is 24.1 Å². The van der Waals surface area contributed by atoms with Gasteiger partial charge in [0.2, 0.25) is 0 Å². The summed E-state index contributed by atoms with van der Waals surface area (Å²) in [6.07, 6.45) is 6.04. The van der Waals surface area contributed by atoms with Gasteiger partial charge >= 0.3 is 0 Å². The van der Waals surface area contributed by atoms with Gasteiger partial charge in [0.05, 0.1) is 7.11 Å². The molecule has 0 spiro atoms. The Morgan fingerprint density at radius 2 is 2.27 bits per heavy atom. The molecule has 0 bridgehead atoms. The third kappa shape index (κ3) is 2.00. The summed E-state index contributed by atoms with van der Waals surface area (Å²) in [5.74, 6) is 1.52. The summed E-state index contributed by atoms with van der Waals surface area (Å²) in [4.78, 5) is 0. The summed E-state index contributed by atoms with van der Waals surface area (Å²) in [5.41, 5.74) is 0. The number of hydrogen-bond acceptors (Lipinski definition) is 2. The first kappa shape index (κ1) is 8.18. The van der Waals surface area contributed by atoms with E-state index in [1.165, 1.54) is 0 Å². The van der Waals surface area contributed by atoms with E-state index in [0.717, 1.165) is 5.76 Å². The average molecular weight is 153 g/mol. The molecule has 2 nitrogen and oxygen atoms in total. The largest absolute Gasteiger partial charge is 0.495 e. The van der Waals surface area contributed by atoms with E-state index in [9.17, 15) is 0 Å². The van der Waals surface area contributed by atoms with Gasteiger partial charge in [0.15, 0.2) is 0 Å². The van der Waals surface area contributed by atoms with Gasteiger partial charge in [-0.3, -0.25) is 0 Å². The Morgan fingerprint density at radius 1 is 1.55 bits per heavy atom. The fraction of sp³-hybridized carbons (Fsp3) is 0.556. The molecule has 0 saturated heterocycles. The van der Waals surface area contributed by atoms with Gasteiger partial charge in [-0.05, 0) is 12.0 Å². The number of allylic oxidation sites excluding steroid dienone is 1. The highest BCUT2D eigenvalue weighted by Gasteiger charge is 2.10. The standard InChI is InChI=1S/C9H15NO/c1-7(2)9-5-4-8(11-3)6-10-9/h4-7,9-10H,1-3H3. The van der Waals surface area contributed by atoms with Crippen molar-refractivity contribution in [3.8, 4) is 0 Å². The number of dihydropyridines is 1. The molecule has 0 aromatic carbocycles. The van der Waals surface area contributed by atoms with Crippen molar-refractivity contribution in [2.24, 2.45) is 5.92 Å².